The summed E-state index contributed by atoms with van der Waals surface area (Å²) in [4.78, 5) is 23.0. The molecule has 0 heterocycles. The van der Waals surface area contributed by atoms with E-state index >= 15 is 0 Å². The van der Waals surface area contributed by atoms with Crippen molar-refractivity contribution < 1.29 is 36.6 Å². The second kappa shape index (κ2) is 10.1. The minimum absolute atomic E-state index is 0.0507. The monoisotopic (exact) mass is 417 g/mol. The highest BCUT2D eigenvalue weighted by Gasteiger charge is 2.39. The lowest BCUT2D eigenvalue weighted by atomic mass is 9.86. The number of halogens is 4. The fourth-order valence-corrected chi connectivity index (χ4v) is 2.21. The van der Waals surface area contributed by atoms with Crippen LogP contribution in [0.5, 0.6) is 5.75 Å². The van der Waals surface area contributed by atoms with Crippen LogP contribution in [0.25, 0.3) is 0 Å². The van der Waals surface area contributed by atoms with E-state index in [9.17, 15) is 27.2 Å². The summed E-state index contributed by atoms with van der Waals surface area (Å²) in [5.41, 5.74) is -1.04. The Morgan fingerprint density at radius 1 is 1.21 bits per heavy atom. The Morgan fingerprint density at radius 2 is 1.86 bits per heavy atom. The van der Waals surface area contributed by atoms with Gasteiger partial charge in [-0.05, 0) is 11.8 Å². The molecule has 1 aromatic carbocycles. The average Bonchev–Trinajstić information content (AvgIpc) is 2.60. The first-order valence-electron chi connectivity index (χ1n) is 8.80. The maximum absolute atomic E-state index is 13.9. The lowest BCUT2D eigenvalue weighted by Crippen LogP contribution is -2.30. The van der Waals surface area contributed by atoms with E-state index in [1.54, 1.807) is 19.2 Å². The quantitative estimate of drug-likeness (QED) is 0.405. The number of hydrogen-bond donors (Lipinski definition) is 1. The zero-order valence-corrected chi connectivity index (χ0v) is 16.6. The summed E-state index contributed by atoms with van der Waals surface area (Å²) in [6.45, 7) is 5.76. The van der Waals surface area contributed by atoms with Crippen molar-refractivity contribution in [1.29, 1.82) is 0 Å². The Balaban J connectivity index is 3.05. The van der Waals surface area contributed by atoms with Gasteiger partial charge in [-0.1, -0.05) is 32.6 Å². The molecule has 0 spiro atoms. The van der Waals surface area contributed by atoms with E-state index in [4.69, 9.17) is 9.47 Å². The average molecular weight is 417 g/mol. The molecule has 0 atom stereocenters. The summed E-state index contributed by atoms with van der Waals surface area (Å²) in [5.74, 6) is 1.57. The minimum atomic E-state index is -5.14. The molecule has 0 unspecified atom stereocenters. The van der Waals surface area contributed by atoms with Gasteiger partial charge in [-0.25, -0.2) is 4.39 Å². The molecule has 0 aromatic heterocycles. The van der Waals surface area contributed by atoms with Crippen LogP contribution in [-0.4, -0.2) is 31.8 Å². The molecule has 0 bridgehead atoms. The lowest BCUT2D eigenvalue weighted by Gasteiger charge is -2.20. The number of ether oxygens (including phenoxy) is 2. The Kier molecular flexibility index (Phi) is 8.49. The number of nitrogens with one attached hydrogen (secondary N) is 1. The Bertz CT molecular complexity index is 807. The Hall–Kier alpha value is -2.76. The number of carbonyl (C=O) groups excluding carboxylic acids is 2. The van der Waals surface area contributed by atoms with Gasteiger partial charge in [0.15, 0.2) is 11.6 Å². The molecular formula is C20H23F4NO4. The SMILES string of the molecule is CCCOC(=O)CC(C)(C)CC#Cc1cc(OC)c(F)cc1NC(=O)C(F)(F)F. The smallest absolute Gasteiger partial charge is 0.471 e. The number of esters is 1. The third-order valence-corrected chi connectivity index (χ3v) is 3.68. The van der Waals surface area contributed by atoms with Crippen molar-refractivity contribution in [2.45, 2.75) is 46.2 Å². The topological polar surface area (TPSA) is 64.6 Å². The standard InChI is InChI=1S/C20H23F4NO4/c1-5-9-29-17(26)12-19(2,3)8-6-7-13-10-16(28-4)14(21)11-15(13)25-18(27)20(22,23)24/h10-11H,5,8-9,12H2,1-4H3,(H,25,27). The van der Waals surface area contributed by atoms with Crippen LogP contribution in [0.4, 0.5) is 23.2 Å². The fourth-order valence-electron chi connectivity index (χ4n) is 2.21. The summed E-state index contributed by atoms with van der Waals surface area (Å²) in [5, 5.41) is 1.61. The van der Waals surface area contributed by atoms with E-state index < -0.39 is 29.0 Å². The molecule has 1 amide bonds. The minimum Gasteiger partial charge on any atom is -0.494 e. The summed E-state index contributed by atoms with van der Waals surface area (Å²) < 4.78 is 61.3. The maximum Gasteiger partial charge on any atom is 0.471 e. The van der Waals surface area contributed by atoms with Crippen LogP contribution in [0, 0.1) is 23.1 Å². The van der Waals surface area contributed by atoms with E-state index in [0.717, 1.165) is 6.07 Å². The summed E-state index contributed by atoms with van der Waals surface area (Å²) in [6, 6.07) is 1.80. The summed E-state index contributed by atoms with van der Waals surface area (Å²) in [6.07, 6.45) is -4.13. The molecule has 0 aliphatic rings. The van der Waals surface area contributed by atoms with E-state index in [0.29, 0.717) is 19.1 Å². The van der Waals surface area contributed by atoms with Gasteiger partial charge < -0.3 is 14.8 Å². The lowest BCUT2D eigenvalue weighted by molar-refractivity contribution is -0.167. The summed E-state index contributed by atoms with van der Waals surface area (Å²) in [7, 11) is 1.19. The fraction of sp³-hybridized carbons (Fsp3) is 0.500. The van der Waals surface area contributed by atoms with E-state index in [1.807, 2.05) is 6.92 Å². The molecule has 0 aliphatic carbocycles. The van der Waals surface area contributed by atoms with E-state index in [2.05, 4.69) is 11.8 Å². The zero-order chi connectivity index (χ0) is 22.2. The Morgan fingerprint density at radius 3 is 2.41 bits per heavy atom. The number of hydrogen-bond acceptors (Lipinski definition) is 4. The molecule has 1 aromatic rings. The third kappa shape index (κ3) is 8.02. The van der Waals surface area contributed by atoms with Crippen molar-refractivity contribution in [3.05, 3.63) is 23.5 Å². The largest absolute Gasteiger partial charge is 0.494 e. The van der Waals surface area contributed by atoms with E-state index in [-0.39, 0.29) is 30.1 Å². The van der Waals surface area contributed by atoms with Crippen LogP contribution in [-0.2, 0) is 14.3 Å². The predicted octanol–water partition coefficient (Wildman–Crippen LogP) is 4.45. The number of alkyl halides is 3. The van der Waals surface area contributed by atoms with Crippen LogP contribution in [0.15, 0.2) is 12.1 Å². The van der Waals surface area contributed by atoms with Gasteiger partial charge in [0.25, 0.3) is 0 Å². The van der Waals surface area contributed by atoms with Crippen molar-refractivity contribution in [2.24, 2.45) is 5.41 Å². The highest BCUT2D eigenvalue weighted by Crippen LogP contribution is 2.28. The van der Waals surface area contributed by atoms with Crippen LogP contribution in [0.1, 0.15) is 45.6 Å². The zero-order valence-electron chi connectivity index (χ0n) is 16.6. The van der Waals surface area contributed by atoms with Gasteiger partial charge in [0.05, 0.1) is 31.4 Å². The second-order valence-electron chi connectivity index (χ2n) is 7.02. The van der Waals surface area contributed by atoms with Gasteiger partial charge in [-0.2, -0.15) is 13.2 Å². The second-order valence-corrected chi connectivity index (χ2v) is 7.02. The summed E-state index contributed by atoms with van der Waals surface area (Å²) >= 11 is 0. The Labute approximate surface area is 166 Å². The molecule has 0 saturated heterocycles. The third-order valence-electron chi connectivity index (χ3n) is 3.68. The highest BCUT2D eigenvalue weighted by molar-refractivity contribution is 5.96. The highest BCUT2D eigenvalue weighted by atomic mass is 19.4. The van der Waals surface area contributed by atoms with Crippen molar-refractivity contribution in [1.82, 2.24) is 0 Å². The molecule has 9 heteroatoms. The predicted molar refractivity (Wildman–Crippen MR) is 98.8 cm³/mol. The molecule has 1 rings (SSSR count). The number of methoxy groups -OCH3 is 1. The molecule has 0 radical (unpaired) electrons. The molecule has 29 heavy (non-hydrogen) atoms. The van der Waals surface area contributed by atoms with Crippen molar-refractivity contribution in [3.8, 4) is 17.6 Å². The number of benzene rings is 1. The van der Waals surface area contributed by atoms with Gasteiger partial charge in [0, 0.05) is 18.6 Å². The van der Waals surface area contributed by atoms with Crippen LogP contribution < -0.4 is 10.1 Å². The molecular weight excluding hydrogens is 394 g/mol. The molecule has 160 valence electrons. The van der Waals surface area contributed by atoms with Gasteiger partial charge in [0.1, 0.15) is 0 Å². The maximum atomic E-state index is 13.9. The normalized spacial score (nSPS) is 11.3. The number of carbonyl (C=O) groups is 2. The molecule has 1 N–H and O–H groups in total. The number of amides is 1. The van der Waals surface area contributed by atoms with Crippen molar-refractivity contribution in [3.63, 3.8) is 0 Å². The van der Waals surface area contributed by atoms with Crippen molar-refractivity contribution >= 4 is 17.6 Å². The van der Waals surface area contributed by atoms with Gasteiger partial charge in [-0.3, -0.25) is 9.59 Å². The number of anilines is 1. The molecule has 0 fully saturated rings. The molecule has 5 nitrogen and oxygen atoms in total. The van der Waals surface area contributed by atoms with Crippen molar-refractivity contribution in [2.75, 3.05) is 19.0 Å². The van der Waals surface area contributed by atoms with E-state index in [1.165, 1.54) is 7.11 Å². The van der Waals surface area contributed by atoms with Crippen LogP contribution >= 0.6 is 0 Å². The van der Waals surface area contributed by atoms with Crippen LogP contribution in [0.3, 0.4) is 0 Å². The van der Waals surface area contributed by atoms with Crippen LogP contribution in [0.2, 0.25) is 0 Å². The first kappa shape index (κ1) is 24.3. The van der Waals surface area contributed by atoms with Gasteiger partial charge in [0.2, 0.25) is 0 Å². The van der Waals surface area contributed by atoms with Gasteiger partial charge >= 0.3 is 18.1 Å². The molecule has 0 saturated carbocycles. The first-order chi connectivity index (χ1) is 13.4. The molecule has 0 aliphatic heterocycles. The van der Waals surface area contributed by atoms with Gasteiger partial charge in [-0.15, -0.1) is 0 Å². The number of rotatable bonds is 7. The first-order valence-corrected chi connectivity index (χ1v) is 8.80.